The van der Waals surface area contributed by atoms with E-state index in [1.54, 1.807) is 0 Å². The minimum atomic E-state index is -0.0145. The molecular weight excluding hydrogens is 396 g/mol. The minimum absolute atomic E-state index is 0.0145. The van der Waals surface area contributed by atoms with Gasteiger partial charge in [0.05, 0.1) is 6.61 Å². The third kappa shape index (κ3) is 17.2. The Labute approximate surface area is 198 Å². The Bertz CT molecular complexity index is 519. The highest BCUT2D eigenvalue weighted by Crippen LogP contribution is 2.09. The molecule has 1 amide bonds. The summed E-state index contributed by atoms with van der Waals surface area (Å²) in [4.78, 5) is 14.6. The average molecular weight is 447 g/mol. The van der Waals surface area contributed by atoms with E-state index in [9.17, 15) is 4.79 Å². The van der Waals surface area contributed by atoms with Gasteiger partial charge in [0.1, 0.15) is 6.61 Å². The maximum atomic E-state index is 12.0. The average Bonchev–Trinajstić information content (AvgIpc) is 2.81. The van der Waals surface area contributed by atoms with Gasteiger partial charge in [0.25, 0.3) is 0 Å². The van der Waals surface area contributed by atoms with Crippen molar-refractivity contribution in [1.29, 1.82) is 0 Å². The number of rotatable bonds is 22. The minimum Gasteiger partial charge on any atom is -0.367 e. The number of nitrogens with zero attached hydrogens (tertiary/aromatic N) is 1. The van der Waals surface area contributed by atoms with Crippen molar-refractivity contribution in [2.45, 2.75) is 104 Å². The monoisotopic (exact) mass is 446 g/mol. The fourth-order valence-electron chi connectivity index (χ4n) is 3.98. The second kappa shape index (κ2) is 21.5. The van der Waals surface area contributed by atoms with Crippen LogP contribution >= 0.6 is 0 Å². The number of nitrogens with one attached hydrogen (secondary N) is 1. The number of amides is 1. The van der Waals surface area contributed by atoms with Crippen LogP contribution in [0.3, 0.4) is 0 Å². The van der Waals surface area contributed by atoms with Gasteiger partial charge in [-0.2, -0.15) is 0 Å². The van der Waals surface area contributed by atoms with Crippen molar-refractivity contribution < 1.29 is 9.53 Å². The molecule has 1 aromatic carbocycles. The van der Waals surface area contributed by atoms with E-state index in [2.05, 4.69) is 24.1 Å². The number of ether oxygens (including phenoxy) is 1. The van der Waals surface area contributed by atoms with E-state index in [1.165, 1.54) is 90.1 Å². The Morgan fingerprint density at radius 2 is 1.28 bits per heavy atom. The molecule has 0 heterocycles. The van der Waals surface area contributed by atoms with Crippen molar-refractivity contribution in [1.82, 2.24) is 10.2 Å². The molecular formula is C28H50N2O2. The van der Waals surface area contributed by atoms with Gasteiger partial charge in [-0.3, -0.25) is 4.79 Å². The fourth-order valence-corrected chi connectivity index (χ4v) is 3.98. The summed E-state index contributed by atoms with van der Waals surface area (Å²) in [6.07, 6.45) is 17.2. The molecule has 1 aromatic rings. The molecule has 0 saturated heterocycles. The lowest BCUT2D eigenvalue weighted by Crippen LogP contribution is -2.32. The van der Waals surface area contributed by atoms with Gasteiger partial charge >= 0.3 is 0 Å². The van der Waals surface area contributed by atoms with Gasteiger partial charge in [-0.1, -0.05) is 108 Å². The first-order valence-corrected chi connectivity index (χ1v) is 13.4. The Kier molecular flexibility index (Phi) is 19.2. The molecule has 32 heavy (non-hydrogen) atoms. The number of unbranched alkanes of at least 4 members (excludes halogenated alkanes) is 10. The summed E-state index contributed by atoms with van der Waals surface area (Å²) in [5.41, 5.74) is 1.10. The summed E-state index contributed by atoms with van der Waals surface area (Å²) in [7, 11) is 0. The first-order chi connectivity index (χ1) is 15.8. The number of hydrogen-bond acceptors (Lipinski definition) is 3. The summed E-state index contributed by atoms with van der Waals surface area (Å²) in [5.74, 6) is -0.0145. The Morgan fingerprint density at radius 3 is 1.88 bits per heavy atom. The predicted octanol–water partition coefficient (Wildman–Crippen LogP) is 6.73. The number of carbonyl (C=O) groups is 1. The summed E-state index contributed by atoms with van der Waals surface area (Å²) in [6, 6.07) is 9.99. The Hall–Kier alpha value is -1.39. The molecule has 0 unspecified atom stereocenters. The molecule has 4 nitrogen and oxygen atoms in total. The molecule has 0 saturated carbocycles. The van der Waals surface area contributed by atoms with E-state index in [4.69, 9.17) is 4.74 Å². The predicted molar refractivity (Wildman–Crippen MR) is 137 cm³/mol. The van der Waals surface area contributed by atoms with Crippen LogP contribution < -0.4 is 5.32 Å². The molecule has 0 spiro atoms. The first-order valence-electron chi connectivity index (χ1n) is 13.4. The molecule has 0 atom stereocenters. The van der Waals surface area contributed by atoms with Crippen molar-refractivity contribution >= 4 is 5.91 Å². The van der Waals surface area contributed by atoms with E-state index in [-0.39, 0.29) is 12.5 Å². The smallest absolute Gasteiger partial charge is 0.246 e. The quantitative estimate of drug-likeness (QED) is 0.201. The van der Waals surface area contributed by atoms with Crippen LogP contribution in [0.5, 0.6) is 0 Å². The van der Waals surface area contributed by atoms with Crippen molar-refractivity contribution in [2.24, 2.45) is 0 Å². The molecule has 0 aliphatic rings. The van der Waals surface area contributed by atoms with Gasteiger partial charge in [-0.05, 0) is 44.5 Å². The molecule has 0 bridgehead atoms. The van der Waals surface area contributed by atoms with Crippen molar-refractivity contribution in [3.63, 3.8) is 0 Å². The van der Waals surface area contributed by atoms with Crippen LogP contribution in [0.2, 0.25) is 0 Å². The molecule has 0 aliphatic heterocycles. The highest BCUT2D eigenvalue weighted by molar-refractivity contribution is 5.77. The van der Waals surface area contributed by atoms with Crippen LogP contribution in [0, 0.1) is 0 Å². The van der Waals surface area contributed by atoms with Gasteiger partial charge in [-0.15, -0.1) is 0 Å². The van der Waals surface area contributed by atoms with E-state index in [0.29, 0.717) is 6.61 Å². The largest absolute Gasteiger partial charge is 0.367 e. The molecule has 0 aliphatic carbocycles. The zero-order valence-corrected chi connectivity index (χ0v) is 21.1. The highest BCUT2D eigenvalue weighted by Gasteiger charge is 2.06. The first kappa shape index (κ1) is 28.6. The SMILES string of the molecule is CCCCCCCCN(CCCCCCCC)CCCNC(=O)COCc1ccccc1. The Morgan fingerprint density at radius 1 is 0.750 bits per heavy atom. The zero-order chi connectivity index (χ0) is 23.1. The van der Waals surface area contributed by atoms with Gasteiger partial charge in [-0.25, -0.2) is 0 Å². The fraction of sp³-hybridized carbons (Fsp3) is 0.750. The van der Waals surface area contributed by atoms with E-state index in [1.807, 2.05) is 30.3 Å². The van der Waals surface area contributed by atoms with E-state index in [0.717, 1.165) is 25.1 Å². The number of hydrogen-bond donors (Lipinski definition) is 1. The summed E-state index contributed by atoms with van der Waals surface area (Å²) < 4.78 is 5.52. The Balaban J connectivity index is 2.16. The van der Waals surface area contributed by atoms with Gasteiger partial charge in [0, 0.05) is 6.54 Å². The lowest BCUT2D eigenvalue weighted by atomic mass is 10.1. The zero-order valence-electron chi connectivity index (χ0n) is 21.1. The number of benzene rings is 1. The lowest BCUT2D eigenvalue weighted by molar-refractivity contribution is -0.126. The molecule has 0 aromatic heterocycles. The van der Waals surface area contributed by atoms with E-state index >= 15 is 0 Å². The normalized spacial score (nSPS) is 11.2. The van der Waals surface area contributed by atoms with Crippen LogP contribution in [-0.2, 0) is 16.1 Å². The van der Waals surface area contributed by atoms with Crippen molar-refractivity contribution in [3.05, 3.63) is 35.9 Å². The second-order valence-electron chi connectivity index (χ2n) is 9.06. The van der Waals surface area contributed by atoms with Crippen LogP contribution in [-0.4, -0.2) is 43.6 Å². The number of carbonyl (C=O) groups excluding carboxylic acids is 1. The molecule has 184 valence electrons. The molecule has 0 radical (unpaired) electrons. The third-order valence-corrected chi connectivity index (χ3v) is 5.97. The van der Waals surface area contributed by atoms with Crippen molar-refractivity contribution in [3.8, 4) is 0 Å². The molecule has 1 rings (SSSR count). The van der Waals surface area contributed by atoms with Crippen LogP contribution in [0.25, 0.3) is 0 Å². The van der Waals surface area contributed by atoms with Crippen LogP contribution in [0.4, 0.5) is 0 Å². The van der Waals surface area contributed by atoms with Gasteiger partial charge in [0.15, 0.2) is 0 Å². The highest BCUT2D eigenvalue weighted by atomic mass is 16.5. The summed E-state index contributed by atoms with van der Waals surface area (Å²) in [5, 5.41) is 3.01. The van der Waals surface area contributed by atoms with E-state index < -0.39 is 0 Å². The van der Waals surface area contributed by atoms with Crippen LogP contribution in [0.1, 0.15) is 103 Å². The third-order valence-electron chi connectivity index (χ3n) is 5.97. The summed E-state index contributed by atoms with van der Waals surface area (Å²) in [6.45, 7) is 9.39. The van der Waals surface area contributed by atoms with Crippen LogP contribution in [0.15, 0.2) is 30.3 Å². The van der Waals surface area contributed by atoms with Crippen molar-refractivity contribution in [2.75, 3.05) is 32.8 Å². The maximum Gasteiger partial charge on any atom is 0.246 e. The molecule has 1 N–H and O–H groups in total. The van der Waals surface area contributed by atoms with Gasteiger partial charge < -0.3 is 15.0 Å². The summed E-state index contributed by atoms with van der Waals surface area (Å²) >= 11 is 0. The van der Waals surface area contributed by atoms with Gasteiger partial charge in [0.2, 0.25) is 5.91 Å². The molecule has 4 heteroatoms. The lowest BCUT2D eigenvalue weighted by Gasteiger charge is -2.22. The topological polar surface area (TPSA) is 41.6 Å². The maximum absolute atomic E-state index is 12.0. The standard InChI is InChI=1S/C28H50N2O2/c1-3-5-7-9-11-16-22-30(23-17-12-10-8-6-4-2)24-18-21-29-28(31)26-32-25-27-19-14-13-15-20-27/h13-15,19-20H,3-12,16-18,21-26H2,1-2H3,(H,29,31). The molecule has 0 fully saturated rings. The second-order valence-corrected chi connectivity index (χ2v) is 9.06.